The van der Waals surface area contributed by atoms with Crippen LogP contribution in [0.3, 0.4) is 0 Å². The predicted molar refractivity (Wildman–Crippen MR) is 94.8 cm³/mol. The summed E-state index contributed by atoms with van der Waals surface area (Å²) in [5.41, 5.74) is 1.77. The molecule has 1 aliphatic heterocycles. The molecule has 4 rings (SSSR count). The van der Waals surface area contributed by atoms with Crippen LogP contribution in [0.25, 0.3) is 11.1 Å². The first-order valence-corrected chi connectivity index (χ1v) is 8.41. The number of hydrogen-bond acceptors (Lipinski definition) is 6. The molecule has 1 aromatic carbocycles. The van der Waals surface area contributed by atoms with Gasteiger partial charge in [0.25, 0.3) is 5.91 Å². The first-order valence-electron chi connectivity index (χ1n) is 8.03. The summed E-state index contributed by atoms with van der Waals surface area (Å²) in [6.07, 6.45) is -2.29. The van der Waals surface area contributed by atoms with Gasteiger partial charge in [-0.15, -0.1) is 8.78 Å². The Kier molecular flexibility index (Phi) is 4.19. The summed E-state index contributed by atoms with van der Waals surface area (Å²) in [6, 6.07) is 5.77. The molecule has 0 radical (unpaired) electrons. The van der Waals surface area contributed by atoms with E-state index in [2.05, 4.69) is 24.9 Å². The largest absolute Gasteiger partial charge is 0.586 e. The number of rotatable bonds is 3. The Labute approximate surface area is 162 Å². The lowest BCUT2D eigenvalue weighted by molar-refractivity contribution is -0.286. The number of fused-ring (bicyclic) bond motifs is 1. The zero-order chi connectivity index (χ0) is 20.1. The van der Waals surface area contributed by atoms with E-state index in [1.54, 1.807) is 26.0 Å². The van der Waals surface area contributed by atoms with Gasteiger partial charge >= 0.3 is 6.29 Å². The number of carbonyl (C=O) groups excluding carboxylic acids is 1. The number of benzene rings is 1. The highest BCUT2D eigenvalue weighted by Gasteiger charge is 2.43. The Morgan fingerprint density at radius 2 is 1.89 bits per heavy atom. The summed E-state index contributed by atoms with van der Waals surface area (Å²) in [5, 5.41) is 6.51. The van der Waals surface area contributed by atoms with Crippen LogP contribution >= 0.6 is 11.6 Å². The van der Waals surface area contributed by atoms with Gasteiger partial charge in [-0.3, -0.25) is 4.79 Å². The number of ether oxygens (including phenoxy) is 2. The van der Waals surface area contributed by atoms with Crippen molar-refractivity contribution in [3.05, 3.63) is 52.5 Å². The summed E-state index contributed by atoms with van der Waals surface area (Å²) in [7, 11) is 0. The lowest BCUT2D eigenvalue weighted by Gasteiger charge is -2.07. The van der Waals surface area contributed by atoms with E-state index in [4.69, 9.17) is 16.1 Å². The van der Waals surface area contributed by atoms with E-state index in [0.717, 1.165) is 0 Å². The number of amides is 1. The maximum atomic E-state index is 13.2. The number of alkyl halides is 2. The predicted octanol–water partition coefficient (Wildman–Crippen LogP) is 4.58. The van der Waals surface area contributed by atoms with Crippen LogP contribution < -0.4 is 14.8 Å². The van der Waals surface area contributed by atoms with Gasteiger partial charge in [0.15, 0.2) is 17.2 Å². The van der Waals surface area contributed by atoms with Gasteiger partial charge < -0.3 is 19.3 Å². The van der Waals surface area contributed by atoms with Crippen molar-refractivity contribution in [2.24, 2.45) is 0 Å². The van der Waals surface area contributed by atoms with Crippen molar-refractivity contribution in [2.75, 3.05) is 5.32 Å². The number of anilines is 1. The molecule has 0 unspecified atom stereocenters. The molecule has 2 aromatic heterocycles. The van der Waals surface area contributed by atoms with Crippen molar-refractivity contribution < 1.29 is 27.6 Å². The Balaban J connectivity index is 1.56. The topological polar surface area (TPSA) is 86.5 Å². The second-order valence-corrected chi connectivity index (χ2v) is 6.45. The average molecular weight is 408 g/mol. The van der Waals surface area contributed by atoms with Crippen molar-refractivity contribution in [3.8, 4) is 22.6 Å². The molecule has 1 aliphatic rings. The van der Waals surface area contributed by atoms with E-state index in [9.17, 15) is 13.6 Å². The smallest absolute Gasteiger partial charge is 0.395 e. The fourth-order valence-electron chi connectivity index (χ4n) is 2.62. The molecule has 3 aromatic rings. The van der Waals surface area contributed by atoms with Gasteiger partial charge in [-0.25, -0.2) is 4.98 Å². The molecule has 0 saturated carbocycles. The lowest BCUT2D eigenvalue weighted by Crippen LogP contribution is -2.25. The van der Waals surface area contributed by atoms with Crippen LogP contribution in [-0.4, -0.2) is 22.3 Å². The standard InChI is InChI=1S/C18H12ClF2N3O4/c1-8-9(2)28-24-16(8)17(25)23-15-4-3-10(7-22-15)11-5-13-14(6-12(11)19)27-18(20,21)26-13/h3-7H,1-2H3,(H,22,23,25). The van der Waals surface area contributed by atoms with E-state index in [0.29, 0.717) is 22.5 Å². The van der Waals surface area contributed by atoms with Crippen LogP contribution in [0, 0.1) is 13.8 Å². The zero-order valence-corrected chi connectivity index (χ0v) is 15.3. The highest BCUT2D eigenvalue weighted by molar-refractivity contribution is 6.33. The molecule has 7 nitrogen and oxygen atoms in total. The van der Waals surface area contributed by atoms with Crippen LogP contribution in [0.1, 0.15) is 21.8 Å². The lowest BCUT2D eigenvalue weighted by atomic mass is 10.1. The first-order chi connectivity index (χ1) is 13.2. The molecule has 0 aliphatic carbocycles. The van der Waals surface area contributed by atoms with E-state index in [-0.39, 0.29) is 28.0 Å². The number of pyridine rings is 1. The molecule has 144 valence electrons. The molecule has 0 spiro atoms. The summed E-state index contributed by atoms with van der Waals surface area (Å²) < 4.78 is 40.2. The third-order valence-electron chi connectivity index (χ3n) is 4.18. The molecular formula is C18H12ClF2N3O4. The maximum Gasteiger partial charge on any atom is 0.586 e. The Morgan fingerprint density at radius 3 is 2.50 bits per heavy atom. The summed E-state index contributed by atoms with van der Waals surface area (Å²) >= 11 is 6.16. The number of aryl methyl sites for hydroxylation is 1. The van der Waals surface area contributed by atoms with Crippen molar-refractivity contribution in [1.82, 2.24) is 10.1 Å². The minimum atomic E-state index is -3.73. The Bertz CT molecular complexity index is 1080. The minimum absolute atomic E-state index is 0.126. The number of aromatic nitrogens is 2. The maximum absolute atomic E-state index is 13.2. The molecular weight excluding hydrogens is 396 g/mol. The molecule has 0 atom stereocenters. The van der Waals surface area contributed by atoms with E-state index >= 15 is 0 Å². The van der Waals surface area contributed by atoms with Gasteiger partial charge in [-0.1, -0.05) is 16.8 Å². The van der Waals surface area contributed by atoms with Crippen LogP contribution in [0.15, 0.2) is 35.0 Å². The van der Waals surface area contributed by atoms with Gasteiger partial charge in [0.1, 0.15) is 11.6 Å². The fourth-order valence-corrected chi connectivity index (χ4v) is 2.89. The number of nitrogens with zero attached hydrogens (tertiary/aromatic N) is 2. The third kappa shape index (κ3) is 3.24. The van der Waals surface area contributed by atoms with Crippen molar-refractivity contribution in [2.45, 2.75) is 20.1 Å². The van der Waals surface area contributed by atoms with Gasteiger partial charge in [0.05, 0.1) is 5.02 Å². The molecule has 28 heavy (non-hydrogen) atoms. The first kappa shape index (κ1) is 18.2. The molecule has 0 fully saturated rings. The highest BCUT2D eigenvalue weighted by Crippen LogP contribution is 2.45. The van der Waals surface area contributed by atoms with E-state index < -0.39 is 12.2 Å². The van der Waals surface area contributed by atoms with Gasteiger partial charge in [0, 0.05) is 29.0 Å². The van der Waals surface area contributed by atoms with Gasteiger partial charge in [0.2, 0.25) is 0 Å². The molecule has 0 bridgehead atoms. The van der Waals surface area contributed by atoms with Gasteiger partial charge in [-0.05, 0) is 32.0 Å². The van der Waals surface area contributed by atoms with Crippen LogP contribution in [0.2, 0.25) is 5.02 Å². The van der Waals surface area contributed by atoms with Crippen LogP contribution in [-0.2, 0) is 0 Å². The SMILES string of the molecule is Cc1onc(C(=O)Nc2ccc(-c3cc4c(cc3Cl)OC(F)(F)O4)cn2)c1C. The molecule has 10 heteroatoms. The zero-order valence-electron chi connectivity index (χ0n) is 14.5. The van der Waals surface area contributed by atoms with Crippen LogP contribution in [0.5, 0.6) is 11.5 Å². The molecule has 1 N–H and O–H groups in total. The second kappa shape index (κ2) is 6.45. The Morgan fingerprint density at radius 1 is 1.18 bits per heavy atom. The highest BCUT2D eigenvalue weighted by atomic mass is 35.5. The third-order valence-corrected chi connectivity index (χ3v) is 4.49. The molecule has 3 heterocycles. The minimum Gasteiger partial charge on any atom is -0.395 e. The summed E-state index contributed by atoms with van der Waals surface area (Å²) in [4.78, 5) is 16.4. The monoisotopic (exact) mass is 407 g/mol. The Hall–Kier alpha value is -3.20. The number of halogens is 3. The number of nitrogens with one attached hydrogen (secondary N) is 1. The van der Waals surface area contributed by atoms with Gasteiger partial charge in [-0.2, -0.15) is 0 Å². The van der Waals surface area contributed by atoms with E-state index in [1.807, 2.05) is 0 Å². The number of hydrogen-bond donors (Lipinski definition) is 1. The van der Waals surface area contributed by atoms with Crippen molar-refractivity contribution in [3.63, 3.8) is 0 Å². The summed E-state index contributed by atoms with van der Waals surface area (Å²) in [5.74, 6) is 0.0964. The second-order valence-electron chi connectivity index (χ2n) is 6.04. The summed E-state index contributed by atoms with van der Waals surface area (Å²) in [6.45, 7) is 3.43. The molecule has 1 amide bonds. The normalized spacial score (nSPS) is 14.2. The molecule has 0 saturated heterocycles. The average Bonchev–Trinajstić information content (AvgIpc) is 3.12. The fraction of sp³-hybridized carbons (Fsp3) is 0.167. The van der Waals surface area contributed by atoms with Crippen LogP contribution in [0.4, 0.5) is 14.6 Å². The van der Waals surface area contributed by atoms with Crippen molar-refractivity contribution >= 4 is 23.3 Å². The quantitative estimate of drug-likeness (QED) is 0.683. The number of carbonyl (C=O) groups is 1. The van der Waals surface area contributed by atoms with Crippen molar-refractivity contribution in [1.29, 1.82) is 0 Å². The van der Waals surface area contributed by atoms with E-state index in [1.165, 1.54) is 18.3 Å².